The molecule has 11 rings (SSSR count). The van der Waals surface area contributed by atoms with Crippen molar-refractivity contribution in [2.24, 2.45) is 0 Å². The van der Waals surface area contributed by atoms with Gasteiger partial charge in [-0.2, -0.15) is 0 Å². The van der Waals surface area contributed by atoms with Crippen molar-refractivity contribution in [1.82, 2.24) is 19.5 Å². The third-order valence-electron chi connectivity index (χ3n) is 13.0. The van der Waals surface area contributed by atoms with Crippen molar-refractivity contribution in [2.45, 2.75) is 26.2 Å². The molecule has 0 atom stereocenters. The van der Waals surface area contributed by atoms with E-state index in [1.807, 2.05) is 36.4 Å². The zero-order valence-corrected chi connectivity index (χ0v) is 38.3. The first-order chi connectivity index (χ1) is 32.4. The predicted octanol–water partition coefficient (Wildman–Crippen LogP) is 12.3. The standard InChI is InChI=1S/C61H48N4Si/c1-61(2,3)47-37-38-53-52-34-19-20-35-55(52)65(57(53)42-47)56-39-36-46(41-54(56)60-63-58(43-22-9-4-10-23-43)62-59(64-60)44-24-11-5-12-25-44)45-26-21-33-51(40-45)66(48-27-13-6-14-28-48,49-29-15-7-16-30-49)50-31-17-8-18-32-50/h4-42H,1-3H3. The van der Waals surface area contributed by atoms with Crippen LogP contribution in [0.2, 0.25) is 0 Å². The maximum Gasteiger partial charge on any atom is 0.179 e. The molecule has 0 radical (unpaired) electrons. The number of benzene rings is 9. The van der Waals surface area contributed by atoms with Crippen LogP contribution >= 0.6 is 0 Å². The number of para-hydroxylation sites is 1. The SMILES string of the molecule is CC(C)(C)c1ccc2c3ccccc3n(-c3ccc(-c4cccc([Si](c5ccccc5)(c5ccccc5)c5ccccc5)c4)cc3-c3nc(-c4ccccc4)nc(-c4ccccc4)n3)c2c1. The summed E-state index contributed by atoms with van der Waals surface area (Å²) in [5.41, 5.74) is 9.46. The average Bonchev–Trinajstić information content (AvgIpc) is 3.71. The van der Waals surface area contributed by atoms with E-state index in [2.05, 4.69) is 226 Å². The Morgan fingerprint density at radius 3 is 1.36 bits per heavy atom. The van der Waals surface area contributed by atoms with Crippen molar-refractivity contribution in [2.75, 3.05) is 0 Å². The van der Waals surface area contributed by atoms with E-state index >= 15 is 0 Å². The lowest BCUT2D eigenvalue weighted by Gasteiger charge is -2.34. The van der Waals surface area contributed by atoms with E-state index in [0.29, 0.717) is 17.5 Å². The maximum atomic E-state index is 5.37. The summed E-state index contributed by atoms with van der Waals surface area (Å²) in [4.78, 5) is 15.8. The summed E-state index contributed by atoms with van der Waals surface area (Å²) in [6.07, 6.45) is 0. The van der Waals surface area contributed by atoms with Crippen LogP contribution in [0.3, 0.4) is 0 Å². The van der Waals surface area contributed by atoms with Crippen LogP contribution in [0.5, 0.6) is 0 Å². The van der Waals surface area contributed by atoms with E-state index in [1.54, 1.807) is 0 Å². The predicted molar refractivity (Wildman–Crippen MR) is 278 cm³/mol. The fourth-order valence-corrected chi connectivity index (χ4v) is 14.5. The van der Waals surface area contributed by atoms with E-state index in [0.717, 1.165) is 44.5 Å². The van der Waals surface area contributed by atoms with E-state index in [-0.39, 0.29) is 5.41 Å². The number of rotatable bonds is 9. The molecule has 9 aromatic carbocycles. The molecule has 2 aromatic heterocycles. The Labute approximate surface area is 387 Å². The molecule has 0 unspecified atom stereocenters. The van der Waals surface area contributed by atoms with Crippen LogP contribution in [0.1, 0.15) is 26.3 Å². The smallest absolute Gasteiger partial charge is 0.179 e. The van der Waals surface area contributed by atoms with Gasteiger partial charge in [-0.15, -0.1) is 0 Å². The van der Waals surface area contributed by atoms with Crippen molar-refractivity contribution in [3.05, 3.63) is 242 Å². The van der Waals surface area contributed by atoms with Gasteiger partial charge in [0.1, 0.15) is 0 Å². The van der Waals surface area contributed by atoms with Crippen LogP contribution in [0.15, 0.2) is 237 Å². The fourth-order valence-electron chi connectivity index (χ4n) is 9.71. The molecular weight excluding hydrogens is 817 g/mol. The first kappa shape index (κ1) is 40.8. The van der Waals surface area contributed by atoms with Gasteiger partial charge in [-0.25, -0.2) is 15.0 Å². The summed E-state index contributed by atoms with van der Waals surface area (Å²) < 4.78 is 2.42. The van der Waals surface area contributed by atoms with Crippen molar-refractivity contribution >= 4 is 50.6 Å². The quantitative estimate of drug-likeness (QED) is 0.107. The molecule has 0 saturated heterocycles. The Morgan fingerprint density at radius 2 is 0.803 bits per heavy atom. The fraction of sp³-hybridized carbons (Fsp3) is 0.0656. The van der Waals surface area contributed by atoms with Gasteiger partial charge in [0.25, 0.3) is 0 Å². The van der Waals surface area contributed by atoms with Crippen LogP contribution in [0, 0.1) is 0 Å². The van der Waals surface area contributed by atoms with Crippen molar-refractivity contribution in [3.63, 3.8) is 0 Å². The molecule has 5 heteroatoms. The molecule has 316 valence electrons. The van der Waals surface area contributed by atoms with Crippen molar-refractivity contribution < 1.29 is 0 Å². The van der Waals surface area contributed by atoms with E-state index in [1.165, 1.54) is 37.1 Å². The number of hydrogen-bond acceptors (Lipinski definition) is 3. The van der Waals surface area contributed by atoms with Crippen molar-refractivity contribution in [3.8, 4) is 51.0 Å². The van der Waals surface area contributed by atoms with Gasteiger partial charge in [0.15, 0.2) is 25.5 Å². The highest BCUT2D eigenvalue weighted by Gasteiger charge is 2.41. The minimum Gasteiger partial charge on any atom is -0.308 e. The van der Waals surface area contributed by atoms with Crippen LogP contribution in [0.4, 0.5) is 0 Å². The Hall–Kier alpha value is -7.99. The van der Waals surface area contributed by atoms with E-state index in [4.69, 9.17) is 15.0 Å². The number of nitrogens with zero attached hydrogens (tertiary/aromatic N) is 4. The number of hydrogen-bond donors (Lipinski definition) is 0. The second-order valence-electron chi connectivity index (χ2n) is 18.0. The van der Waals surface area contributed by atoms with E-state index < -0.39 is 8.07 Å². The molecule has 0 aliphatic heterocycles. The Kier molecular flexibility index (Phi) is 10.4. The molecule has 0 bridgehead atoms. The Bertz CT molecular complexity index is 3340. The Balaban J connectivity index is 1.20. The normalized spacial score (nSPS) is 11.9. The number of aromatic nitrogens is 4. The van der Waals surface area contributed by atoms with E-state index in [9.17, 15) is 0 Å². The lowest BCUT2D eigenvalue weighted by Crippen LogP contribution is -2.74. The molecule has 0 aliphatic rings. The summed E-state index contributed by atoms with van der Waals surface area (Å²) in [5.74, 6) is 1.86. The summed E-state index contributed by atoms with van der Waals surface area (Å²) in [6.45, 7) is 6.84. The van der Waals surface area contributed by atoms with Gasteiger partial charge in [-0.1, -0.05) is 233 Å². The highest BCUT2D eigenvalue weighted by Crippen LogP contribution is 2.39. The second-order valence-corrected chi connectivity index (χ2v) is 21.8. The van der Waals surface area contributed by atoms with Gasteiger partial charge in [0, 0.05) is 27.5 Å². The highest BCUT2D eigenvalue weighted by atomic mass is 28.3. The van der Waals surface area contributed by atoms with Gasteiger partial charge in [-0.05, 0) is 67.1 Å². The van der Waals surface area contributed by atoms with Crippen LogP contribution in [-0.4, -0.2) is 27.6 Å². The molecule has 0 fully saturated rings. The molecule has 4 nitrogen and oxygen atoms in total. The van der Waals surface area contributed by atoms with Crippen LogP contribution in [0.25, 0.3) is 72.8 Å². The summed E-state index contributed by atoms with van der Waals surface area (Å²) in [6, 6.07) is 85.6. The molecule has 2 heterocycles. The van der Waals surface area contributed by atoms with Gasteiger partial charge in [-0.3, -0.25) is 0 Å². The molecule has 11 aromatic rings. The maximum absolute atomic E-state index is 5.37. The van der Waals surface area contributed by atoms with Crippen LogP contribution < -0.4 is 20.7 Å². The van der Waals surface area contributed by atoms with Crippen molar-refractivity contribution in [1.29, 1.82) is 0 Å². The van der Waals surface area contributed by atoms with Gasteiger partial charge >= 0.3 is 0 Å². The Morgan fingerprint density at radius 1 is 0.348 bits per heavy atom. The lowest BCUT2D eigenvalue weighted by atomic mass is 9.86. The molecule has 0 N–H and O–H groups in total. The summed E-state index contributed by atoms with van der Waals surface area (Å²) in [7, 11) is -2.81. The molecule has 0 aliphatic carbocycles. The first-order valence-corrected chi connectivity index (χ1v) is 24.7. The molecule has 0 amide bonds. The number of fused-ring (bicyclic) bond motifs is 3. The molecule has 0 spiro atoms. The summed E-state index contributed by atoms with van der Waals surface area (Å²) in [5, 5.41) is 7.72. The molecule has 66 heavy (non-hydrogen) atoms. The topological polar surface area (TPSA) is 43.6 Å². The van der Waals surface area contributed by atoms with Gasteiger partial charge < -0.3 is 4.57 Å². The third kappa shape index (κ3) is 7.24. The minimum absolute atomic E-state index is 0.0473. The highest BCUT2D eigenvalue weighted by molar-refractivity contribution is 7.19. The largest absolute Gasteiger partial charge is 0.308 e. The van der Waals surface area contributed by atoms with Gasteiger partial charge in [0.05, 0.1) is 16.7 Å². The molecule has 0 saturated carbocycles. The second kappa shape index (κ2) is 16.9. The monoisotopic (exact) mass is 864 g/mol. The first-order valence-electron chi connectivity index (χ1n) is 22.7. The third-order valence-corrected chi connectivity index (χ3v) is 17.7. The zero-order chi connectivity index (χ0) is 44.7. The average molecular weight is 865 g/mol. The minimum atomic E-state index is -2.81. The lowest BCUT2D eigenvalue weighted by molar-refractivity contribution is 0.591. The molecular formula is C61H48N4Si. The zero-order valence-electron chi connectivity index (χ0n) is 37.3. The summed E-state index contributed by atoms with van der Waals surface area (Å²) >= 11 is 0. The van der Waals surface area contributed by atoms with Crippen LogP contribution in [-0.2, 0) is 5.41 Å². The van der Waals surface area contributed by atoms with Gasteiger partial charge in [0.2, 0.25) is 0 Å².